The molecule has 0 amide bonds. The fraction of sp³-hybridized carbons (Fsp3) is 0.500. The fourth-order valence-corrected chi connectivity index (χ4v) is 4.06. The van der Waals surface area contributed by atoms with Crippen LogP contribution in [0.2, 0.25) is 0 Å². The molecule has 3 heteroatoms. The molecule has 0 saturated heterocycles. The van der Waals surface area contributed by atoms with Gasteiger partial charge in [0.05, 0.1) is 13.2 Å². The van der Waals surface area contributed by atoms with E-state index in [1.54, 1.807) is 0 Å². The number of hydrogen-bond donors (Lipinski definition) is 1. The molecule has 3 aromatic rings. The number of rotatable bonds is 15. The Kier molecular flexibility index (Phi) is 9.82. The minimum absolute atomic E-state index is 0.639. The van der Waals surface area contributed by atoms with Gasteiger partial charge in [0.2, 0.25) is 0 Å². The van der Waals surface area contributed by atoms with Crippen LogP contribution in [0.25, 0.3) is 22.2 Å². The zero-order chi connectivity index (χ0) is 21.7. The topological polar surface area (TPSA) is 34.2 Å². The largest absolute Gasteiger partial charge is 0.490 e. The Hall–Kier alpha value is -2.42. The van der Waals surface area contributed by atoms with Crippen molar-refractivity contribution in [3.05, 3.63) is 48.5 Å². The normalized spacial score (nSPS) is 11.2. The molecule has 0 atom stereocenters. The number of unbranched alkanes of at least 4 members (excludes halogenated alkanes) is 9. The summed E-state index contributed by atoms with van der Waals surface area (Å²) in [4.78, 5) is 3.51. The number of para-hydroxylation sites is 1. The van der Waals surface area contributed by atoms with E-state index in [2.05, 4.69) is 54.4 Å². The van der Waals surface area contributed by atoms with Crippen molar-refractivity contribution in [2.24, 2.45) is 0 Å². The lowest BCUT2D eigenvalue weighted by Gasteiger charge is -2.13. The predicted octanol–water partition coefficient (Wildman–Crippen LogP) is 8.53. The zero-order valence-corrected chi connectivity index (χ0v) is 19.4. The second-order valence-electron chi connectivity index (χ2n) is 8.40. The quantitative estimate of drug-likeness (QED) is 0.249. The lowest BCUT2D eigenvalue weighted by Crippen LogP contribution is -2.01. The number of aromatic nitrogens is 1. The van der Waals surface area contributed by atoms with Crippen molar-refractivity contribution in [3.8, 4) is 22.8 Å². The molecule has 3 rings (SSSR count). The summed E-state index contributed by atoms with van der Waals surface area (Å²) in [6.45, 7) is 5.67. The summed E-state index contributed by atoms with van der Waals surface area (Å²) in [5.74, 6) is 1.67. The van der Waals surface area contributed by atoms with Crippen molar-refractivity contribution in [3.63, 3.8) is 0 Å². The van der Waals surface area contributed by atoms with Gasteiger partial charge in [-0.25, -0.2) is 0 Å². The molecule has 0 bridgehead atoms. The van der Waals surface area contributed by atoms with Crippen molar-refractivity contribution >= 4 is 10.9 Å². The standard InChI is InChI=1S/C28H39NO2/c1-3-5-6-7-8-9-10-11-12-15-20-31-28-22-24(18-19-27(28)30-4-2)26-21-23-16-13-14-17-25(23)29-26/h13-14,16-19,21-22,29H,3-12,15,20H2,1-2H3. The Labute approximate surface area is 188 Å². The van der Waals surface area contributed by atoms with E-state index in [9.17, 15) is 0 Å². The molecule has 0 saturated carbocycles. The number of benzene rings is 2. The maximum absolute atomic E-state index is 6.16. The first-order valence-electron chi connectivity index (χ1n) is 12.3. The third kappa shape index (κ3) is 7.34. The van der Waals surface area contributed by atoms with Crippen LogP contribution in [0.3, 0.4) is 0 Å². The third-order valence-electron chi connectivity index (χ3n) is 5.84. The highest BCUT2D eigenvalue weighted by Crippen LogP contribution is 2.34. The zero-order valence-electron chi connectivity index (χ0n) is 19.4. The van der Waals surface area contributed by atoms with Crippen molar-refractivity contribution < 1.29 is 9.47 Å². The van der Waals surface area contributed by atoms with Crippen LogP contribution < -0.4 is 9.47 Å². The fourth-order valence-electron chi connectivity index (χ4n) is 4.06. The van der Waals surface area contributed by atoms with Crippen LogP contribution in [0.15, 0.2) is 48.5 Å². The van der Waals surface area contributed by atoms with Crippen molar-refractivity contribution in [2.75, 3.05) is 13.2 Å². The molecule has 1 aromatic heterocycles. The van der Waals surface area contributed by atoms with E-state index >= 15 is 0 Å². The van der Waals surface area contributed by atoms with Crippen molar-refractivity contribution in [2.45, 2.75) is 78.1 Å². The van der Waals surface area contributed by atoms with Gasteiger partial charge in [0, 0.05) is 22.2 Å². The summed E-state index contributed by atoms with van der Waals surface area (Å²) in [5, 5.41) is 1.22. The predicted molar refractivity (Wildman–Crippen MR) is 132 cm³/mol. The summed E-state index contributed by atoms with van der Waals surface area (Å²) >= 11 is 0. The summed E-state index contributed by atoms with van der Waals surface area (Å²) in [5.41, 5.74) is 3.38. The van der Waals surface area contributed by atoms with Crippen LogP contribution in [-0.4, -0.2) is 18.2 Å². The molecule has 0 aliphatic carbocycles. The molecule has 1 heterocycles. The van der Waals surface area contributed by atoms with Gasteiger partial charge in [-0.3, -0.25) is 0 Å². The monoisotopic (exact) mass is 421 g/mol. The maximum Gasteiger partial charge on any atom is 0.161 e. The minimum atomic E-state index is 0.639. The molecule has 0 fully saturated rings. The first-order chi connectivity index (χ1) is 15.3. The number of hydrogen-bond acceptors (Lipinski definition) is 2. The highest BCUT2D eigenvalue weighted by atomic mass is 16.5. The van der Waals surface area contributed by atoms with Crippen LogP contribution in [0.1, 0.15) is 78.1 Å². The van der Waals surface area contributed by atoms with Crippen LogP contribution >= 0.6 is 0 Å². The van der Waals surface area contributed by atoms with Crippen molar-refractivity contribution in [1.82, 2.24) is 4.98 Å². The lowest BCUT2D eigenvalue weighted by atomic mass is 10.1. The highest BCUT2D eigenvalue weighted by molar-refractivity contribution is 5.86. The van der Waals surface area contributed by atoms with Gasteiger partial charge in [0.15, 0.2) is 11.5 Å². The molecule has 2 aromatic carbocycles. The molecule has 168 valence electrons. The SMILES string of the molecule is CCCCCCCCCCCCOc1cc(-c2cc3ccccc3[nH]2)ccc1OCC. The average molecular weight is 422 g/mol. The van der Waals surface area contributed by atoms with Crippen LogP contribution in [-0.2, 0) is 0 Å². The van der Waals surface area contributed by atoms with Gasteiger partial charge in [-0.1, -0.05) is 82.9 Å². The number of ether oxygens (including phenoxy) is 2. The Morgan fingerprint density at radius 1 is 0.677 bits per heavy atom. The molecular weight excluding hydrogens is 382 g/mol. The molecule has 31 heavy (non-hydrogen) atoms. The Bertz CT molecular complexity index is 866. The molecule has 0 spiro atoms. The van der Waals surface area contributed by atoms with Gasteiger partial charge in [0.25, 0.3) is 0 Å². The van der Waals surface area contributed by atoms with Crippen molar-refractivity contribution in [1.29, 1.82) is 0 Å². The maximum atomic E-state index is 6.16. The smallest absolute Gasteiger partial charge is 0.161 e. The Morgan fingerprint density at radius 2 is 1.39 bits per heavy atom. The summed E-state index contributed by atoms with van der Waals surface area (Å²) in [6.07, 6.45) is 13.3. The molecular formula is C28H39NO2. The van der Waals surface area contributed by atoms with Gasteiger partial charge in [-0.2, -0.15) is 0 Å². The lowest BCUT2D eigenvalue weighted by molar-refractivity contribution is 0.270. The number of fused-ring (bicyclic) bond motifs is 1. The molecule has 0 radical (unpaired) electrons. The number of nitrogens with one attached hydrogen (secondary N) is 1. The summed E-state index contributed by atoms with van der Waals surface area (Å²) < 4.78 is 12.0. The third-order valence-corrected chi connectivity index (χ3v) is 5.84. The van der Waals surface area contributed by atoms with E-state index in [-0.39, 0.29) is 0 Å². The van der Waals surface area contributed by atoms with Crippen LogP contribution in [0.4, 0.5) is 0 Å². The van der Waals surface area contributed by atoms with Crippen LogP contribution in [0, 0.1) is 0 Å². The average Bonchev–Trinajstić information content (AvgIpc) is 3.23. The minimum Gasteiger partial charge on any atom is -0.490 e. The van der Waals surface area contributed by atoms with E-state index in [4.69, 9.17) is 9.47 Å². The van der Waals surface area contributed by atoms with Gasteiger partial charge in [-0.15, -0.1) is 0 Å². The van der Waals surface area contributed by atoms with E-state index in [0.717, 1.165) is 41.3 Å². The van der Waals surface area contributed by atoms with E-state index in [0.29, 0.717) is 6.61 Å². The van der Waals surface area contributed by atoms with E-state index in [1.165, 1.54) is 63.2 Å². The highest BCUT2D eigenvalue weighted by Gasteiger charge is 2.10. The van der Waals surface area contributed by atoms with E-state index < -0.39 is 0 Å². The molecule has 3 nitrogen and oxygen atoms in total. The Balaban J connectivity index is 1.47. The second-order valence-corrected chi connectivity index (χ2v) is 8.40. The number of H-pyrrole nitrogens is 1. The number of aromatic amines is 1. The first kappa shape index (κ1) is 23.2. The Morgan fingerprint density at radius 3 is 2.10 bits per heavy atom. The second kappa shape index (κ2) is 13.1. The van der Waals surface area contributed by atoms with Gasteiger partial charge in [-0.05, 0) is 43.7 Å². The molecule has 0 aliphatic rings. The van der Waals surface area contributed by atoms with Gasteiger partial charge < -0.3 is 14.5 Å². The summed E-state index contributed by atoms with van der Waals surface area (Å²) in [7, 11) is 0. The van der Waals surface area contributed by atoms with Gasteiger partial charge in [0.1, 0.15) is 0 Å². The first-order valence-corrected chi connectivity index (χ1v) is 12.3. The molecule has 0 unspecified atom stereocenters. The molecule has 0 aliphatic heterocycles. The van der Waals surface area contributed by atoms with Gasteiger partial charge >= 0.3 is 0 Å². The van der Waals surface area contributed by atoms with Crippen LogP contribution in [0.5, 0.6) is 11.5 Å². The summed E-state index contributed by atoms with van der Waals surface area (Å²) in [6, 6.07) is 16.8. The molecule has 1 N–H and O–H groups in total. The van der Waals surface area contributed by atoms with E-state index in [1.807, 2.05) is 13.0 Å².